The molecule has 2 heteroatoms. The summed E-state index contributed by atoms with van der Waals surface area (Å²) in [6, 6.07) is 6.49. The molecule has 0 aliphatic carbocycles. The SMILES string of the molecule is CCNCC(C)(C)CCc1ccc(OC)c(C)c1. The molecule has 0 spiro atoms. The summed E-state index contributed by atoms with van der Waals surface area (Å²) in [6.45, 7) is 11.0. The van der Waals surface area contributed by atoms with Gasteiger partial charge in [0.25, 0.3) is 0 Å². The summed E-state index contributed by atoms with van der Waals surface area (Å²) < 4.78 is 5.29. The number of benzene rings is 1. The molecule has 1 N–H and O–H groups in total. The average Bonchev–Trinajstić information content (AvgIpc) is 2.34. The Morgan fingerprint density at radius 3 is 2.56 bits per heavy atom. The van der Waals surface area contributed by atoms with Crippen LogP contribution in [0.1, 0.15) is 38.3 Å². The van der Waals surface area contributed by atoms with E-state index in [1.54, 1.807) is 7.11 Å². The first-order valence-corrected chi connectivity index (χ1v) is 6.83. The number of hydrogen-bond donors (Lipinski definition) is 1. The van der Waals surface area contributed by atoms with E-state index in [0.29, 0.717) is 5.41 Å². The maximum atomic E-state index is 5.29. The van der Waals surface area contributed by atoms with Crippen LogP contribution in [0, 0.1) is 12.3 Å². The first-order valence-electron chi connectivity index (χ1n) is 6.83. The molecule has 102 valence electrons. The van der Waals surface area contributed by atoms with Crippen LogP contribution in [0.15, 0.2) is 18.2 Å². The van der Waals surface area contributed by atoms with Crippen LogP contribution >= 0.6 is 0 Å². The van der Waals surface area contributed by atoms with E-state index in [1.807, 2.05) is 0 Å². The fraction of sp³-hybridized carbons (Fsp3) is 0.625. The Morgan fingerprint density at radius 2 is 2.00 bits per heavy atom. The van der Waals surface area contributed by atoms with Crippen molar-refractivity contribution in [2.45, 2.75) is 40.5 Å². The Balaban J connectivity index is 2.55. The van der Waals surface area contributed by atoms with Crippen molar-refractivity contribution in [1.29, 1.82) is 0 Å². The summed E-state index contributed by atoms with van der Waals surface area (Å²) in [4.78, 5) is 0. The zero-order valence-electron chi connectivity index (χ0n) is 12.5. The summed E-state index contributed by atoms with van der Waals surface area (Å²) in [7, 11) is 1.72. The molecule has 0 bridgehead atoms. The van der Waals surface area contributed by atoms with Crippen LogP contribution in [0.4, 0.5) is 0 Å². The molecule has 0 aliphatic rings. The molecule has 0 saturated carbocycles. The summed E-state index contributed by atoms with van der Waals surface area (Å²) in [6.07, 6.45) is 2.33. The van der Waals surface area contributed by atoms with E-state index in [2.05, 4.69) is 51.2 Å². The topological polar surface area (TPSA) is 21.3 Å². The highest BCUT2D eigenvalue weighted by molar-refractivity contribution is 5.36. The predicted molar refractivity (Wildman–Crippen MR) is 78.4 cm³/mol. The Morgan fingerprint density at radius 1 is 1.28 bits per heavy atom. The van der Waals surface area contributed by atoms with Crippen LogP contribution in [0.5, 0.6) is 5.75 Å². The lowest BCUT2D eigenvalue weighted by Gasteiger charge is -2.25. The number of ether oxygens (including phenoxy) is 1. The summed E-state index contributed by atoms with van der Waals surface area (Å²) >= 11 is 0. The second-order valence-corrected chi connectivity index (χ2v) is 5.75. The van der Waals surface area contributed by atoms with Crippen molar-refractivity contribution >= 4 is 0 Å². The molecule has 0 heterocycles. The van der Waals surface area contributed by atoms with E-state index in [-0.39, 0.29) is 0 Å². The summed E-state index contributed by atoms with van der Waals surface area (Å²) in [5.74, 6) is 0.977. The lowest BCUT2D eigenvalue weighted by Crippen LogP contribution is -2.29. The zero-order valence-corrected chi connectivity index (χ0v) is 12.5. The van der Waals surface area contributed by atoms with Crippen LogP contribution in [0.3, 0.4) is 0 Å². The Hall–Kier alpha value is -1.02. The Kier molecular flexibility index (Phi) is 5.67. The Labute approximate surface area is 112 Å². The number of rotatable bonds is 7. The first-order chi connectivity index (χ1) is 8.48. The van der Waals surface area contributed by atoms with Crippen LogP contribution in [-0.4, -0.2) is 20.2 Å². The van der Waals surface area contributed by atoms with Gasteiger partial charge in [0.2, 0.25) is 0 Å². The monoisotopic (exact) mass is 249 g/mol. The molecule has 18 heavy (non-hydrogen) atoms. The van der Waals surface area contributed by atoms with Gasteiger partial charge in [0.15, 0.2) is 0 Å². The molecule has 1 aromatic carbocycles. The van der Waals surface area contributed by atoms with Gasteiger partial charge in [-0.3, -0.25) is 0 Å². The average molecular weight is 249 g/mol. The number of hydrogen-bond acceptors (Lipinski definition) is 2. The van der Waals surface area contributed by atoms with Gasteiger partial charge in [-0.05, 0) is 48.9 Å². The number of nitrogens with one attached hydrogen (secondary N) is 1. The molecule has 1 aromatic rings. The lowest BCUT2D eigenvalue weighted by molar-refractivity contribution is 0.317. The van der Waals surface area contributed by atoms with Crippen molar-refractivity contribution in [2.75, 3.05) is 20.2 Å². The minimum absolute atomic E-state index is 0.351. The molecule has 0 aliphatic heterocycles. The fourth-order valence-corrected chi connectivity index (χ4v) is 2.13. The summed E-state index contributed by atoms with van der Waals surface area (Å²) in [5.41, 5.74) is 2.97. The zero-order chi connectivity index (χ0) is 13.6. The van der Waals surface area contributed by atoms with Gasteiger partial charge in [0.1, 0.15) is 5.75 Å². The molecule has 0 amide bonds. The van der Waals surface area contributed by atoms with E-state index >= 15 is 0 Å². The van der Waals surface area contributed by atoms with Gasteiger partial charge in [-0.1, -0.05) is 32.9 Å². The molecule has 0 saturated heterocycles. The second-order valence-electron chi connectivity index (χ2n) is 5.75. The van der Waals surface area contributed by atoms with Crippen LogP contribution in [-0.2, 0) is 6.42 Å². The second kappa shape index (κ2) is 6.79. The Bertz CT molecular complexity index is 371. The molecule has 0 fully saturated rings. The van der Waals surface area contributed by atoms with E-state index in [1.165, 1.54) is 17.5 Å². The number of aryl methyl sites for hydroxylation is 2. The molecular formula is C16H27NO. The number of methoxy groups -OCH3 is 1. The van der Waals surface area contributed by atoms with Gasteiger partial charge in [-0.2, -0.15) is 0 Å². The van der Waals surface area contributed by atoms with E-state index < -0.39 is 0 Å². The third-order valence-electron chi connectivity index (χ3n) is 3.40. The lowest BCUT2D eigenvalue weighted by atomic mass is 9.86. The highest BCUT2D eigenvalue weighted by Gasteiger charge is 2.16. The van der Waals surface area contributed by atoms with Gasteiger partial charge in [-0.25, -0.2) is 0 Å². The normalized spacial score (nSPS) is 11.6. The third kappa shape index (κ3) is 4.69. The van der Waals surface area contributed by atoms with Crippen LogP contribution in [0.2, 0.25) is 0 Å². The van der Waals surface area contributed by atoms with Crippen molar-refractivity contribution in [1.82, 2.24) is 5.32 Å². The quantitative estimate of drug-likeness (QED) is 0.797. The summed E-state index contributed by atoms with van der Waals surface area (Å²) in [5, 5.41) is 3.43. The highest BCUT2D eigenvalue weighted by Crippen LogP contribution is 2.24. The molecule has 0 aromatic heterocycles. The molecule has 2 nitrogen and oxygen atoms in total. The maximum Gasteiger partial charge on any atom is 0.121 e. The van der Waals surface area contributed by atoms with Crippen LogP contribution < -0.4 is 10.1 Å². The predicted octanol–water partition coefficient (Wildman–Crippen LogP) is 3.57. The smallest absolute Gasteiger partial charge is 0.121 e. The largest absolute Gasteiger partial charge is 0.496 e. The molecule has 0 radical (unpaired) electrons. The minimum atomic E-state index is 0.351. The molecule has 0 atom stereocenters. The molecular weight excluding hydrogens is 222 g/mol. The molecule has 0 unspecified atom stereocenters. The standard InChI is InChI=1S/C16H27NO/c1-6-17-12-16(3,4)10-9-14-7-8-15(18-5)13(2)11-14/h7-8,11,17H,6,9-10,12H2,1-5H3. The van der Waals surface area contributed by atoms with Gasteiger partial charge < -0.3 is 10.1 Å². The van der Waals surface area contributed by atoms with E-state index in [0.717, 1.165) is 25.3 Å². The first kappa shape index (κ1) is 15.0. The maximum absolute atomic E-state index is 5.29. The van der Waals surface area contributed by atoms with Gasteiger partial charge >= 0.3 is 0 Å². The molecule has 1 rings (SSSR count). The van der Waals surface area contributed by atoms with Crippen molar-refractivity contribution < 1.29 is 4.74 Å². The van der Waals surface area contributed by atoms with Gasteiger partial charge in [0.05, 0.1) is 7.11 Å². The fourth-order valence-electron chi connectivity index (χ4n) is 2.13. The van der Waals surface area contributed by atoms with Gasteiger partial charge in [0, 0.05) is 6.54 Å². The highest BCUT2D eigenvalue weighted by atomic mass is 16.5. The van der Waals surface area contributed by atoms with E-state index in [9.17, 15) is 0 Å². The van der Waals surface area contributed by atoms with Crippen LogP contribution in [0.25, 0.3) is 0 Å². The van der Waals surface area contributed by atoms with Crippen molar-refractivity contribution in [3.8, 4) is 5.75 Å². The van der Waals surface area contributed by atoms with Crippen molar-refractivity contribution in [3.05, 3.63) is 29.3 Å². The third-order valence-corrected chi connectivity index (χ3v) is 3.40. The van der Waals surface area contributed by atoms with Gasteiger partial charge in [-0.15, -0.1) is 0 Å². The van der Waals surface area contributed by atoms with Crippen molar-refractivity contribution in [3.63, 3.8) is 0 Å². The van der Waals surface area contributed by atoms with E-state index in [4.69, 9.17) is 4.74 Å². The van der Waals surface area contributed by atoms with Crippen molar-refractivity contribution in [2.24, 2.45) is 5.41 Å². The minimum Gasteiger partial charge on any atom is -0.496 e.